The molecule has 0 radical (unpaired) electrons. The molecule has 0 aliphatic carbocycles. The van der Waals surface area contributed by atoms with Gasteiger partial charge in [0, 0.05) is 37.9 Å². The molecule has 1 saturated heterocycles. The van der Waals surface area contributed by atoms with Crippen molar-refractivity contribution in [3.05, 3.63) is 59.2 Å². The molecule has 0 atom stereocenters. The summed E-state index contributed by atoms with van der Waals surface area (Å²) in [7, 11) is 0. The highest BCUT2D eigenvalue weighted by Crippen LogP contribution is 2.21. The van der Waals surface area contributed by atoms with Crippen molar-refractivity contribution >= 4 is 17.5 Å². The Hall–Kier alpha value is -3.56. The Kier molecular flexibility index (Phi) is 5.53. The van der Waals surface area contributed by atoms with Crippen LogP contribution in [0.5, 0.6) is 0 Å². The summed E-state index contributed by atoms with van der Waals surface area (Å²) >= 11 is 0. The Balaban J connectivity index is 1.45. The summed E-state index contributed by atoms with van der Waals surface area (Å²) in [6.07, 6.45) is 0. The molecule has 10 heteroatoms. The van der Waals surface area contributed by atoms with Crippen molar-refractivity contribution in [3.63, 3.8) is 0 Å². The molecule has 0 spiro atoms. The molecule has 8 nitrogen and oxygen atoms in total. The molecule has 4 rings (SSSR count). The summed E-state index contributed by atoms with van der Waals surface area (Å²) in [4.78, 5) is 25.1. The number of piperazine rings is 1. The van der Waals surface area contributed by atoms with Gasteiger partial charge in [0.1, 0.15) is 29.0 Å². The Bertz CT molecular complexity index is 1100. The molecule has 0 unspecified atom stereocenters. The zero-order valence-electron chi connectivity index (χ0n) is 17.6. The maximum Gasteiger partial charge on any atom is 0.322 e. The molecule has 1 N–H and O–H groups in total. The van der Waals surface area contributed by atoms with E-state index in [4.69, 9.17) is 0 Å². The van der Waals surface area contributed by atoms with Crippen LogP contribution in [0.3, 0.4) is 0 Å². The minimum absolute atomic E-state index is 0.389. The number of anilines is 2. The average molecular weight is 427 g/mol. The van der Waals surface area contributed by atoms with Gasteiger partial charge in [0.15, 0.2) is 5.82 Å². The number of benzene rings is 1. The number of carbonyl (C=O) groups is 1. The minimum atomic E-state index is -0.805. The van der Waals surface area contributed by atoms with Gasteiger partial charge < -0.3 is 15.1 Å². The van der Waals surface area contributed by atoms with E-state index >= 15 is 0 Å². The van der Waals surface area contributed by atoms with Crippen LogP contribution >= 0.6 is 0 Å². The average Bonchev–Trinajstić information content (AvgIpc) is 3.08. The van der Waals surface area contributed by atoms with Gasteiger partial charge in [-0.05, 0) is 39.0 Å². The first kappa shape index (κ1) is 20.7. The van der Waals surface area contributed by atoms with E-state index in [-0.39, 0.29) is 0 Å². The molecule has 0 saturated carbocycles. The van der Waals surface area contributed by atoms with Gasteiger partial charge in [0.05, 0.1) is 5.69 Å². The van der Waals surface area contributed by atoms with Crippen LogP contribution in [-0.4, -0.2) is 56.9 Å². The molecule has 0 bridgehead atoms. The van der Waals surface area contributed by atoms with Gasteiger partial charge in [-0.2, -0.15) is 5.10 Å². The Morgan fingerprint density at radius 1 is 0.968 bits per heavy atom. The number of halogens is 2. The Morgan fingerprint density at radius 2 is 1.61 bits per heavy atom. The SMILES string of the molecule is Cc1cc(C)n(-c2cc(N3CCN(C(=O)Nc4c(F)cccc4F)CC3)nc(C)n2)n1. The molecule has 1 aliphatic heterocycles. The van der Waals surface area contributed by atoms with Crippen LogP contribution in [0.2, 0.25) is 0 Å². The standard InChI is InChI=1S/C21H23F2N7O/c1-13-11-14(2)30(27-13)19-12-18(24-15(3)25-19)28-7-9-29(10-8-28)21(31)26-20-16(22)5-4-6-17(20)23/h4-6,11-12H,7-10H2,1-3H3,(H,26,31). The molecule has 1 aromatic carbocycles. The van der Waals surface area contributed by atoms with Crippen LogP contribution in [-0.2, 0) is 0 Å². The van der Waals surface area contributed by atoms with Gasteiger partial charge in [-0.15, -0.1) is 0 Å². The predicted octanol–water partition coefficient (Wildman–Crippen LogP) is 3.22. The third-order valence-electron chi connectivity index (χ3n) is 5.12. The minimum Gasteiger partial charge on any atom is -0.353 e. The lowest BCUT2D eigenvalue weighted by Gasteiger charge is -2.35. The maximum atomic E-state index is 13.8. The summed E-state index contributed by atoms with van der Waals surface area (Å²) < 4.78 is 29.4. The Morgan fingerprint density at radius 3 is 2.23 bits per heavy atom. The number of urea groups is 1. The van der Waals surface area contributed by atoms with Crippen molar-refractivity contribution in [1.29, 1.82) is 0 Å². The van der Waals surface area contributed by atoms with Crippen LogP contribution in [0.15, 0.2) is 30.3 Å². The second-order valence-electron chi connectivity index (χ2n) is 7.47. The maximum absolute atomic E-state index is 13.8. The fraction of sp³-hybridized carbons (Fsp3) is 0.333. The smallest absolute Gasteiger partial charge is 0.322 e. The summed E-state index contributed by atoms with van der Waals surface area (Å²) in [5.74, 6) is 0.439. The van der Waals surface area contributed by atoms with Gasteiger partial charge in [-0.25, -0.2) is 28.2 Å². The lowest BCUT2D eigenvalue weighted by atomic mass is 10.3. The fourth-order valence-corrected chi connectivity index (χ4v) is 3.61. The second kappa shape index (κ2) is 8.29. The van der Waals surface area contributed by atoms with Crippen molar-refractivity contribution in [1.82, 2.24) is 24.6 Å². The highest BCUT2D eigenvalue weighted by molar-refractivity contribution is 5.89. The number of amides is 2. The third-order valence-corrected chi connectivity index (χ3v) is 5.12. The Labute approximate surface area is 178 Å². The van der Waals surface area contributed by atoms with Crippen molar-refractivity contribution in [3.8, 4) is 5.82 Å². The normalized spacial score (nSPS) is 14.1. The van der Waals surface area contributed by atoms with Gasteiger partial charge in [-0.3, -0.25) is 0 Å². The van der Waals surface area contributed by atoms with Crippen molar-refractivity contribution in [2.45, 2.75) is 20.8 Å². The summed E-state index contributed by atoms with van der Waals surface area (Å²) in [5, 5.41) is 6.81. The quantitative estimate of drug-likeness (QED) is 0.694. The number of para-hydroxylation sites is 1. The monoisotopic (exact) mass is 427 g/mol. The van der Waals surface area contributed by atoms with Crippen LogP contribution in [0.1, 0.15) is 17.2 Å². The van der Waals surface area contributed by atoms with Crippen LogP contribution in [0.25, 0.3) is 5.82 Å². The molecule has 162 valence electrons. The van der Waals surface area contributed by atoms with Crippen LogP contribution in [0, 0.1) is 32.4 Å². The first-order chi connectivity index (χ1) is 14.8. The molecular weight excluding hydrogens is 404 g/mol. The highest BCUT2D eigenvalue weighted by Gasteiger charge is 2.24. The number of nitrogens with zero attached hydrogens (tertiary/aromatic N) is 6. The fourth-order valence-electron chi connectivity index (χ4n) is 3.61. The summed E-state index contributed by atoms with van der Waals surface area (Å²) in [5.41, 5.74) is 1.44. The number of carbonyl (C=O) groups excluding carboxylic acids is 1. The van der Waals surface area contributed by atoms with E-state index in [9.17, 15) is 13.6 Å². The van der Waals surface area contributed by atoms with E-state index < -0.39 is 23.4 Å². The van der Waals surface area contributed by atoms with E-state index in [1.165, 1.54) is 11.0 Å². The number of aryl methyl sites for hydroxylation is 3. The predicted molar refractivity (Wildman–Crippen MR) is 113 cm³/mol. The molecule has 1 fully saturated rings. The zero-order valence-corrected chi connectivity index (χ0v) is 17.6. The number of nitrogens with one attached hydrogen (secondary N) is 1. The summed E-state index contributed by atoms with van der Waals surface area (Å²) in [6.45, 7) is 7.55. The molecule has 3 aromatic rings. The largest absolute Gasteiger partial charge is 0.353 e. The number of hydrogen-bond donors (Lipinski definition) is 1. The first-order valence-electron chi connectivity index (χ1n) is 9.96. The molecular formula is C21H23F2N7O. The van der Waals surface area contributed by atoms with Gasteiger partial charge in [-0.1, -0.05) is 6.07 Å². The molecule has 2 aromatic heterocycles. The zero-order chi connectivity index (χ0) is 22.1. The molecule has 2 amide bonds. The van der Waals surface area contributed by atoms with E-state index in [1.54, 1.807) is 4.68 Å². The number of rotatable bonds is 3. The molecule has 3 heterocycles. The van der Waals surface area contributed by atoms with E-state index in [2.05, 4.69) is 25.3 Å². The summed E-state index contributed by atoms with van der Waals surface area (Å²) in [6, 6.07) is 6.78. The lowest BCUT2D eigenvalue weighted by molar-refractivity contribution is 0.208. The number of hydrogen-bond acceptors (Lipinski definition) is 5. The van der Waals surface area contributed by atoms with Crippen molar-refractivity contribution in [2.75, 3.05) is 36.4 Å². The second-order valence-corrected chi connectivity index (χ2v) is 7.47. The molecule has 1 aliphatic rings. The first-order valence-corrected chi connectivity index (χ1v) is 9.96. The highest BCUT2D eigenvalue weighted by atomic mass is 19.1. The van der Waals surface area contributed by atoms with Gasteiger partial charge in [0.25, 0.3) is 0 Å². The van der Waals surface area contributed by atoms with Crippen LogP contribution in [0.4, 0.5) is 25.1 Å². The number of aromatic nitrogens is 4. The van der Waals surface area contributed by atoms with Crippen LogP contribution < -0.4 is 10.2 Å². The lowest BCUT2D eigenvalue weighted by Crippen LogP contribution is -2.50. The van der Waals surface area contributed by atoms with Gasteiger partial charge >= 0.3 is 6.03 Å². The van der Waals surface area contributed by atoms with Crippen molar-refractivity contribution in [2.24, 2.45) is 0 Å². The van der Waals surface area contributed by atoms with E-state index in [0.717, 1.165) is 29.3 Å². The van der Waals surface area contributed by atoms with E-state index in [1.807, 2.05) is 32.9 Å². The van der Waals surface area contributed by atoms with Crippen molar-refractivity contribution < 1.29 is 13.6 Å². The van der Waals surface area contributed by atoms with E-state index in [0.29, 0.717) is 37.8 Å². The molecule has 31 heavy (non-hydrogen) atoms. The topological polar surface area (TPSA) is 79.2 Å². The third kappa shape index (κ3) is 4.32. The van der Waals surface area contributed by atoms with Gasteiger partial charge in [0.2, 0.25) is 0 Å².